The number of ether oxygens (including phenoxy) is 1. The number of hydrogen-bond donors (Lipinski definition) is 5. The van der Waals surface area contributed by atoms with E-state index in [1.165, 1.54) is 24.0 Å². The van der Waals surface area contributed by atoms with E-state index in [2.05, 4.69) is 10.1 Å². The number of methoxy groups -OCH3 is 1. The minimum atomic E-state index is -1.95. The van der Waals surface area contributed by atoms with Crippen LogP contribution in [0.2, 0.25) is 0 Å². The molecule has 2 aromatic rings. The van der Waals surface area contributed by atoms with Gasteiger partial charge in [-0.05, 0) is 30.9 Å². The Bertz CT molecular complexity index is 1170. The third kappa shape index (κ3) is 6.41. The molecule has 37 heavy (non-hydrogen) atoms. The van der Waals surface area contributed by atoms with Crippen LogP contribution < -0.4 is 5.32 Å². The Balaban J connectivity index is 1.59. The molecule has 1 aliphatic rings. The second kappa shape index (κ2) is 12.3. The quantitative estimate of drug-likeness (QED) is 0.149. The largest absolute Gasteiger partial charge is 0.512 e. The van der Waals surface area contributed by atoms with Crippen LogP contribution in [0.5, 0.6) is 0 Å². The van der Waals surface area contributed by atoms with Gasteiger partial charge in [0.1, 0.15) is 11.3 Å². The van der Waals surface area contributed by atoms with E-state index in [1.54, 1.807) is 12.1 Å². The highest BCUT2D eigenvalue weighted by Crippen LogP contribution is 2.32. The molecule has 0 aromatic heterocycles. The molecule has 2 amide bonds. The van der Waals surface area contributed by atoms with Crippen molar-refractivity contribution >= 4 is 23.5 Å². The number of aliphatic hydroxyl groups excluding tert-OH is 3. The number of carbonyl (C=O) groups is 3. The fourth-order valence-corrected chi connectivity index (χ4v) is 4.26. The first-order valence-corrected chi connectivity index (χ1v) is 11.8. The Morgan fingerprint density at radius 3 is 2.32 bits per heavy atom. The van der Waals surface area contributed by atoms with Crippen LogP contribution in [0.15, 0.2) is 65.9 Å². The average Bonchev–Trinajstić information content (AvgIpc) is 3.41. The van der Waals surface area contributed by atoms with Crippen molar-refractivity contribution in [1.29, 1.82) is 5.41 Å². The number of rotatable bonds is 9. The number of allylic oxidation sites excluding steroid dienone is 1. The monoisotopic (exact) mass is 509 g/mol. The Hall–Kier alpha value is -4.02. The second-order valence-corrected chi connectivity index (χ2v) is 8.73. The normalized spacial score (nSPS) is 17.4. The van der Waals surface area contributed by atoms with Crippen LogP contribution in [0.1, 0.15) is 42.5 Å². The lowest BCUT2D eigenvalue weighted by molar-refractivity contribution is -0.153. The minimum absolute atomic E-state index is 0.0144. The van der Waals surface area contributed by atoms with E-state index in [0.717, 1.165) is 25.5 Å². The van der Waals surface area contributed by atoms with Gasteiger partial charge in [0.2, 0.25) is 0 Å². The standard InChI is InChI=1S/C27H31N3O7/c1-16(31)21(27(36)37-2)22(28)19-12-10-17(11-13-19)15-29-25(34)23(32)24(33)26(35)30-14-6-9-20(30)18-7-4-3-5-8-18/h3-5,7-8,10-13,20,23-24,28,31-33H,6,9,14-15H2,1-2H3,(H,29,34)/b21-16+,28-22?/t20?,23-,24-/m1/s1. The molecule has 0 spiro atoms. The van der Waals surface area contributed by atoms with Crippen LogP contribution in [-0.2, 0) is 25.7 Å². The van der Waals surface area contributed by atoms with Gasteiger partial charge in [-0.25, -0.2) is 4.79 Å². The van der Waals surface area contributed by atoms with Crippen LogP contribution in [0.25, 0.3) is 0 Å². The van der Waals surface area contributed by atoms with Crippen molar-refractivity contribution in [3.8, 4) is 0 Å². The minimum Gasteiger partial charge on any atom is -0.512 e. The molecule has 0 radical (unpaired) electrons. The summed E-state index contributed by atoms with van der Waals surface area (Å²) in [5.41, 5.74) is 1.38. The molecular formula is C27H31N3O7. The lowest BCUT2D eigenvalue weighted by atomic mass is 10.0. The van der Waals surface area contributed by atoms with Crippen molar-refractivity contribution in [2.24, 2.45) is 0 Å². The van der Waals surface area contributed by atoms with Gasteiger partial charge in [0.25, 0.3) is 11.8 Å². The summed E-state index contributed by atoms with van der Waals surface area (Å²) in [7, 11) is 1.15. The molecule has 196 valence electrons. The Labute approximate surface area is 214 Å². The van der Waals surface area contributed by atoms with E-state index in [-0.39, 0.29) is 29.6 Å². The highest BCUT2D eigenvalue weighted by Gasteiger charge is 2.38. The zero-order chi connectivity index (χ0) is 27.1. The van der Waals surface area contributed by atoms with Crippen molar-refractivity contribution in [3.63, 3.8) is 0 Å². The number of aliphatic hydroxyl groups is 3. The van der Waals surface area contributed by atoms with Crippen molar-refractivity contribution in [3.05, 3.63) is 82.6 Å². The van der Waals surface area contributed by atoms with Gasteiger partial charge in [-0.2, -0.15) is 0 Å². The summed E-state index contributed by atoms with van der Waals surface area (Å²) in [4.78, 5) is 38.7. The Morgan fingerprint density at radius 2 is 1.73 bits per heavy atom. The SMILES string of the molecule is COC(=O)/C(C(=N)c1ccc(CNC(=O)[C@H](O)[C@@H](O)C(=O)N2CCCC2c2ccccc2)cc1)=C(\C)O. The number of benzene rings is 2. The summed E-state index contributed by atoms with van der Waals surface area (Å²) in [6, 6.07) is 15.4. The van der Waals surface area contributed by atoms with Gasteiger partial charge in [-0.1, -0.05) is 54.6 Å². The number of amides is 2. The van der Waals surface area contributed by atoms with Gasteiger partial charge in [0.05, 0.1) is 18.9 Å². The summed E-state index contributed by atoms with van der Waals surface area (Å²) in [6.45, 7) is 1.69. The summed E-state index contributed by atoms with van der Waals surface area (Å²) in [6.07, 6.45) is -2.37. The van der Waals surface area contributed by atoms with E-state index in [1.807, 2.05) is 30.3 Å². The third-order valence-electron chi connectivity index (χ3n) is 6.25. The number of nitrogens with one attached hydrogen (secondary N) is 2. The van der Waals surface area contributed by atoms with E-state index >= 15 is 0 Å². The van der Waals surface area contributed by atoms with Crippen molar-refractivity contribution in [2.45, 2.75) is 44.6 Å². The number of esters is 1. The van der Waals surface area contributed by atoms with E-state index in [9.17, 15) is 29.7 Å². The summed E-state index contributed by atoms with van der Waals surface area (Å²) < 4.78 is 4.61. The first kappa shape index (κ1) is 27.6. The zero-order valence-corrected chi connectivity index (χ0v) is 20.7. The van der Waals surface area contributed by atoms with Crippen molar-refractivity contribution in [2.75, 3.05) is 13.7 Å². The predicted molar refractivity (Wildman–Crippen MR) is 135 cm³/mol. The maximum Gasteiger partial charge on any atom is 0.343 e. The average molecular weight is 510 g/mol. The molecule has 0 bridgehead atoms. The Morgan fingerprint density at radius 1 is 1.08 bits per heavy atom. The van der Waals surface area contributed by atoms with Crippen LogP contribution in [0.4, 0.5) is 0 Å². The fourth-order valence-electron chi connectivity index (χ4n) is 4.26. The second-order valence-electron chi connectivity index (χ2n) is 8.73. The van der Waals surface area contributed by atoms with Crippen LogP contribution >= 0.6 is 0 Å². The molecule has 1 unspecified atom stereocenters. The molecule has 1 aliphatic heterocycles. The number of carbonyl (C=O) groups excluding carboxylic acids is 3. The maximum absolute atomic E-state index is 12.9. The molecular weight excluding hydrogens is 478 g/mol. The summed E-state index contributed by atoms with van der Waals surface area (Å²) in [5.74, 6) is -2.79. The van der Waals surface area contributed by atoms with Gasteiger partial charge in [-0.15, -0.1) is 0 Å². The lowest BCUT2D eigenvalue weighted by Gasteiger charge is -2.28. The van der Waals surface area contributed by atoms with Gasteiger partial charge >= 0.3 is 5.97 Å². The topological polar surface area (TPSA) is 160 Å². The summed E-state index contributed by atoms with van der Waals surface area (Å²) >= 11 is 0. The first-order valence-electron chi connectivity index (χ1n) is 11.8. The zero-order valence-electron chi connectivity index (χ0n) is 20.7. The van der Waals surface area contributed by atoms with E-state index < -0.39 is 30.0 Å². The van der Waals surface area contributed by atoms with Crippen LogP contribution in [0.3, 0.4) is 0 Å². The molecule has 3 atom stereocenters. The van der Waals surface area contributed by atoms with Gasteiger partial charge in [-0.3, -0.25) is 15.0 Å². The van der Waals surface area contributed by atoms with E-state index in [0.29, 0.717) is 17.7 Å². The van der Waals surface area contributed by atoms with Crippen molar-refractivity contribution in [1.82, 2.24) is 10.2 Å². The summed E-state index contributed by atoms with van der Waals surface area (Å²) in [5, 5.41) is 41.2. The lowest BCUT2D eigenvalue weighted by Crippen LogP contribution is -2.50. The molecule has 5 N–H and O–H groups in total. The smallest absolute Gasteiger partial charge is 0.343 e. The number of likely N-dealkylation sites (tertiary alicyclic amines) is 1. The van der Waals surface area contributed by atoms with Crippen LogP contribution in [-0.4, -0.2) is 69.6 Å². The van der Waals surface area contributed by atoms with Gasteiger partial charge in [0.15, 0.2) is 12.2 Å². The highest BCUT2D eigenvalue weighted by molar-refractivity contribution is 6.25. The number of hydrogen-bond acceptors (Lipinski definition) is 8. The number of nitrogens with zero attached hydrogens (tertiary/aromatic N) is 1. The molecule has 10 nitrogen and oxygen atoms in total. The maximum atomic E-state index is 12.9. The third-order valence-corrected chi connectivity index (χ3v) is 6.25. The molecule has 3 rings (SSSR count). The molecule has 1 saturated heterocycles. The van der Waals surface area contributed by atoms with Gasteiger partial charge in [0, 0.05) is 18.7 Å². The van der Waals surface area contributed by atoms with E-state index in [4.69, 9.17) is 5.41 Å². The fraction of sp³-hybridized carbons (Fsp3) is 0.333. The van der Waals surface area contributed by atoms with Gasteiger partial charge < -0.3 is 30.3 Å². The van der Waals surface area contributed by atoms with Crippen LogP contribution in [0, 0.1) is 5.41 Å². The first-order chi connectivity index (χ1) is 17.6. The molecule has 1 heterocycles. The Kier molecular flexibility index (Phi) is 9.15. The molecule has 10 heteroatoms. The molecule has 0 saturated carbocycles. The molecule has 0 aliphatic carbocycles. The van der Waals surface area contributed by atoms with Crippen molar-refractivity contribution < 1.29 is 34.4 Å². The highest BCUT2D eigenvalue weighted by atomic mass is 16.5. The molecule has 2 aromatic carbocycles. The predicted octanol–water partition coefficient (Wildman–Crippen LogP) is 1.76. The molecule has 1 fully saturated rings.